The van der Waals surface area contributed by atoms with Crippen LogP contribution in [0.2, 0.25) is 0 Å². The molecule has 0 aliphatic rings. The number of anilines is 2. The molecule has 0 fully saturated rings. The lowest BCUT2D eigenvalue weighted by atomic mass is 10.1. The van der Waals surface area contributed by atoms with Crippen LogP contribution in [0.15, 0.2) is 85.2 Å². The van der Waals surface area contributed by atoms with Crippen LogP contribution in [0.25, 0.3) is 11.1 Å². The molecular weight excluding hydrogens is 416 g/mol. The van der Waals surface area contributed by atoms with Crippen LogP contribution in [0.4, 0.5) is 11.5 Å². The number of amides is 1. The summed E-state index contributed by atoms with van der Waals surface area (Å²) >= 11 is 0. The molecule has 0 bridgehead atoms. The van der Waals surface area contributed by atoms with Crippen molar-refractivity contribution in [2.75, 3.05) is 11.1 Å². The molecular formula is C26H24N4O3. The quantitative estimate of drug-likeness (QED) is 0.378. The zero-order valence-electron chi connectivity index (χ0n) is 18.2. The molecule has 4 rings (SSSR count). The average Bonchev–Trinajstić information content (AvgIpc) is 2.84. The van der Waals surface area contributed by atoms with Gasteiger partial charge in [-0.2, -0.15) is 0 Å². The van der Waals surface area contributed by atoms with E-state index in [0.717, 1.165) is 16.9 Å². The number of nitrogens with two attached hydrogens (primary N) is 1. The summed E-state index contributed by atoms with van der Waals surface area (Å²) in [6, 6.07) is 24.6. The summed E-state index contributed by atoms with van der Waals surface area (Å²) in [7, 11) is 0. The minimum atomic E-state index is -0.0753. The molecule has 1 aromatic heterocycles. The van der Waals surface area contributed by atoms with E-state index in [0.29, 0.717) is 41.7 Å². The van der Waals surface area contributed by atoms with Gasteiger partial charge in [0.25, 0.3) is 0 Å². The van der Waals surface area contributed by atoms with Crippen LogP contribution in [-0.4, -0.2) is 15.9 Å². The Kier molecular flexibility index (Phi) is 6.80. The van der Waals surface area contributed by atoms with Crippen LogP contribution in [0.1, 0.15) is 18.9 Å². The number of ether oxygens (including phenoxy) is 2. The van der Waals surface area contributed by atoms with Gasteiger partial charge in [-0.15, -0.1) is 0 Å². The molecule has 1 amide bonds. The fraction of sp³-hybridized carbons (Fsp3) is 0.115. The number of aromatic nitrogens is 2. The van der Waals surface area contributed by atoms with Crippen molar-refractivity contribution in [3.05, 3.63) is 90.8 Å². The Balaban J connectivity index is 1.53. The van der Waals surface area contributed by atoms with Crippen molar-refractivity contribution in [3.63, 3.8) is 0 Å². The number of carbonyl (C=O) groups is 1. The first-order valence-corrected chi connectivity index (χ1v) is 10.6. The van der Waals surface area contributed by atoms with E-state index in [1.54, 1.807) is 31.2 Å². The molecule has 0 unspecified atom stereocenters. The summed E-state index contributed by atoms with van der Waals surface area (Å²) in [5, 5.41) is 2.82. The zero-order chi connectivity index (χ0) is 23.0. The summed E-state index contributed by atoms with van der Waals surface area (Å²) in [4.78, 5) is 20.1. The summed E-state index contributed by atoms with van der Waals surface area (Å²) in [6.45, 7) is 2.28. The smallest absolute Gasteiger partial charge is 0.232 e. The van der Waals surface area contributed by atoms with E-state index in [1.807, 2.05) is 54.6 Å². The molecule has 0 saturated heterocycles. The predicted molar refractivity (Wildman–Crippen MR) is 128 cm³/mol. The van der Waals surface area contributed by atoms with Gasteiger partial charge in [0.2, 0.25) is 11.8 Å². The lowest BCUT2D eigenvalue weighted by molar-refractivity contribution is -0.115. The van der Waals surface area contributed by atoms with Gasteiger partial charge in [0.05, 0.1) is 5.56 Å². The molecule has 0 radical (unpaired) electrons. The fourth-order valence-electron chi connectivity index (χ4n) is 3.19. The monoisotopic (exact) mass is 440 g/mol. The third kappa shape index (κ3) is 5.65. The highest BCUT2D eigenvalue weighted by atomic mass is 16.5. The topological polar surface area (TPSA) is 99.4 Å². The summed E-state index contributed by atoms with van der Waals surface area (Å²) in [5.41, 5.74) is 9.28. The summed E-state index contributed by atoms with van der Waals surface area (Å²) in [6.07, 6.45) is 1.75. The minimum Gasteiger partial charge on any atom is -0.489 e. The number of carbonyl (C=O) groups excluding carboxylic acids is 1. The van der Waals surface area contributed by atoms with E-state index in [1.165, 1.54) is 6.33 Å². The predicted octanol–water partition coefficient (Wildman–Crippen LogP) is 5.45. The Bertz CT molecular complexity index is 1230. The first-order valence-electron chi connectivity index (χ1n) is 10.6. The van der Waals surface area contributed by atoms with Crippen molar-refractivity contribution < 1.29 is 14.3 Å². The standard InChI is InChI=1S/C26H24N4O3/c1-2-23(31)30-20-9-6-10-22(15-20)33-26-24(25(27)28-17-29-26)19-11-13-21(14-12-19)32-16-18-7-4-3-5-8-18/h3-15,17H,2,16H2,1H3,(H,30,31)(H2,27,28,29). The van der Waals surface area contributed by atoms with Gasteiger partial charge in [0.1, 0.15) is 30.3 Å². The fourth-order valence-corrected chi connectivity index (χ4v) is 3.19. The van der Waals surface area contributed by atoms with Crippen molar-refractivity contribution in [1.29, 1.82) is 0 Å². The molecule has 33 heavy (non-hydrogen) atoms. The van der Waals surface area contributed by atoms with E-state index >= 15 is 0 Å². The highest BCUT2D eigenvalue weighted by molar-refractivity contribution is 5.90. The van der Waals surface area contributed by atoms with Gasteiger partial charge in [-0.3, -0.25) is 4.79 Å². The third-order valence-electron chi connectivity index (χ3n) is 4.89. The van der Waals surface area contributed by atoms with Gasteiger partial charge < -0.3 is 20.5 Å². The van der Waals surface area contributed by atoms with Gasteiger partial charge in [0, 0.05) is 18.2 Å². The van der Waals surface area contributed by atoms with E-state index in [9.17, 15) is 4.79 Å². The van der Waals surface area contributed by atoms with Crippen LogP contribution < -0.4 is 20.5 Å². The SMILES string of the molecule is CCC(=O)Nc1cccc(Oc2ncnc(N)c2-c2ccc(OCc3ccccc3)cc2)c1. The molecule has 0 atom stereocenters. The van der Waals surface area contributed by atoms with Gasteiger partial charge in [0.15, 0.2) is 0 Å². The lowest BCUT2D eigenvalue weighted by Crippen LogP contribution is -2.09. The average molecular weight is 441 g/mol. The highest BCUT2D eigenvalue weighted by Crippen LogP contribution is 2.36. The molecule has 3 N–H and O–H groups in total. The first-order chi connectivity index (χ1) is 16.1. The minimum absolute atomic E-state index is 0.0753. The van der Waals surface area contributed by atoms with Crippen LogP contribution in [0.5, 0.6) is 17.4 Å². The van der Waals surface area contributed by atoms with Gasteiger partial charge >= 0.3 is 0 Å². The van der Waals surface area contributed by atoms with Crippen molar-refractivity contribution in [2.24, 2.45) is 0 Å². The number of nitrogens with one attached hydrogen (secondary N) is 1. The number of benzene rings is 3. The lowest BCUT2D eigenvalue weighted by Gasteiger charge is -2.13. The molecule has 166 valence electrons. The molecule has 7 heteroatoms. The summed E-state index contributed by atoms with van der Waals surface area (Å²) < 4.78 is 11.9. The Morgan fingerprint density at radius 1 is 0.939 bits per heavy atom. The largest absolute Gasteiger partial charge is 0.489 e. The highest BCUT2D eigenvalue weighted by Gasteiger charge is 2.15. The van der Waals surface area contributed by atoms with Crippen LogP contribution in [0.3, 0.4) is 0 Å². The first kappa shape index (κ1) is 21.8. The van der Waals surface area contributed by atoms with E-state index in [-0.39, 0.29) is 5.91 Å². The maximum atomic E-state index is 11.7. The second-order valence-corrected chi connectivity index (χ2v) is 7.27. The molecule has 4 aromatic rings. The molecule has 0 spiro atoms. The number of hydrogen-bond donors (Lipinski definition) is 2. The van der Waals surface area contributed by atoms with E-state index < -0.39 is 0 Å². The zero-order valence-corrected chi connectivity index (χ0v) is 18.2. The Hall–Kier alpha value is -4.39. The second kappa shape index (κ2) is 10.3. The second-order valence-electron chi connectivity index (χ2n) is 7.27. The maximum absolute atomic E-state index is 11.7. The van der Waals surface area contributed by atoms with Gasteiger partial charge in [-0.05, 0) is 35.4 Å². The Morgan fingerprint density at radius 2 is 1.73 bits per heavy atom. The Morgan fingerprint density at radius 3 is 2.48 bits per heavy atom. The van der Waals surface area contributed by atoms with Crippen LogP contribution >= 0.6 is 0 Å². The van der Waals surface area contributed by atoms with Gasteiger partial charge in [-0.25, -0.2) is 9.97 Å². The number of rotatable bonds is 8. The Labute approximate surface area is 192 Å². The third-order valence-corrected chi connectivity index (χ3v) is 4.89. The van der Waals surface area contributed by atoms with Crippen molar-refractivity contribution in [1.82, 2.24) is 9.97 Å². The normalized spacial score (nSPS) is 10.5. The van der Waals surface area contributed by atoms with Crippen molar-refractivity contribution in [2.45, 2.75) is 20.0 Å². The summed E-state index contributed by atoms with van der Waals surface area (Å²) in [5.74, 6) is 1.80. The molecule has 0 saturated carbocycles. The molecule has 0 aliphatic heterocycles. The molecule has 3 aromatic carbocycles. The number of nitrogen functional groups attached to an aromatic ring is 1. The number of hydrogen-bond acceptors (Lipinski definition) is 6. The van der Waals surface area contributed by atoms with Crippen LogP contribution in [-0.2, 0) is 11.4 Å². The van der Waals surface area contributed by atoms with E-state index in [2.05, 4.69) is 15.3 Å². The van der Waals surface area contributed by atoms with Gasteiger partial charge in [-0.1, -0.05) is 55.5 Å². The molecule has 1 heterocycles. The van der Waals surface area contributed by atoms with Crippen molar-refractivity contribution in [3.8, 4) is 28.5 Å². The molecule has 0 aliphatic carbocycles. The maximum Gasteiger partial charge on any atom is 0.232 e. The molecule has 7 nitrogen and oxygen atoms in total. The van der Waals surface area contributed by atoms with Crippen molar-refractivity contribution >= 4 is 17.4 Å². The number of nitrogens with zero attached hydrogens (tertiary/aromatic N) is 2. The van der Waals surface area contributed by atoms with Crippen LogP contribution in [0, 0.1) is 0 Å². The van der Waals surface area contributed by atoms with E-state index in [4.69, 9.17) is 15.2 Å².